The van der Waals surface area contributed by atoms with Gasteiger partial charge in [0.15, 0.2) is 5.78 Å². The van der Waals surface area contributed by atoms with Crippen molar-refractivity contribution < 1.29 is 9.53 Å². The maximum absolute atomic E-state index is 12.5. The summed E-state index contributed by atoms with van der Waals surface area (Å²) in [5, 5.41) is 12.4. The van der Waals surface area contributed by atoms with Crippen molar-refractivity contribution in [3.63, 3.8) is 0 Å². The molecule has 0 aliphatic rings. The van der Waals surface area contributed by atoms with Crippen molar-refractivity contribution in [1.29, 1.82) is 0 Å². The van der Waals surface area contributed by atoms with E-state index in [0.717, 1.165) is 22.6 Å². The van der Waals surface area contributed by atoms with E-state index in [2.05, 4.69) is 20.5 Å². The number of nitrogens with one attached hydrogen (secondary N) is 1. The summed E-state index contributed by atoms with van der Waals surface area (Å²) in [4.78, 5) is 15.6. The highest BCUT2D eigenvalue weighted by atomic mass is 32.2. The number of H-pyrrole nitrogens is 1. The minimum Gasteiger partial charge on any atom is -0.494 e. The number of methoxy groups -OCH3 is 1. The summed E-state index contributed by atoms with van der Waals surface area (Å²) in [7, 11) is 1.60. The van der Waals surface area contributed by atoms with Crippen molar-refractivity contribution in [2.45, 2.75) is 25.9 Å². The van der Waals surface area contributed by atoms with Gasteiger partial charge >= 0.3 is 0 Å². The average molecular weight is 357 g/mol. The van der Waals surface area contributed by atoms with Crippen molar-refractivity contribution in [2.75, 3.05) is 12.9 Å². The van der Waals surface area contributed by atoms with Crippen molar-refractivity contribution in [1.82, 2.24) is 25.2 Å². The molecule has 3 aromatic rings. The van der Waals surface area contributed by atoms with Gasteiger partial charge in [0.05, 0.1) is 12.9 Å². The number of carbonyl (C=O) groups excluding carboxylic acids is 1. The van der Waals surface area contributed by atoms with Gasteiger partial charge in [0, 0.05) is 17.0 Å². The van der Waals surface area contributed by atoms with Crippen molar-refractivity contribution >= 4 is 17.5 Å². The quantitative estimate of drug-likeness (QED) is 0.539. The molecule has 3 rings (SSSR count). The van der Waals surface area contributed by atoms with Gasteiger partial charge in [0.2, 0.25) is 5.16 Å². The number of nitrogens with zero attached hydrogens (tertiary/aromatic N) is 4. The Bertz CT molecular complexity index is 916. The van der Waals surface area contributed by atoms with E-state index >= 15 is 0 Å². The lowest BCUT2D eigenvalue weighted by molar-refractivity contribution is 0.102. The number of rotatable bonds is 6. The third-order valence-corrected chi connectivity index (χ3v) is 4.71. The lowest BCUT2D eigenvalue weighted by atomic mass is 10.2. The number of aryl methyl sites for hydroxylation is 3. The second-order valence-electron chi connectivity index (χ2n) is 5.75. The molecule has 2 heterocycles. The molecule has 1 aromatic carbocycles. The first kappa shape index (κ1) is 17.2. The van der Waals surface area contributed by atoms with Crippen LogP contribution in [-0.4, -0.2) is 43.8 Å². The Morgan fingerprint density at radius 3 is 2.76 bits per heavy atom. The Labute approximate surface area is 149 Å². The van der Waals surface area contributed by atoms with Gasteiger partial charge < -0.3 is 9.72 Å². The molecule has 0 aliphatic heterocycles. The van der Waals surface area contributed by atoms with E-state index in [4.69, 9.17) is 4.74 Å². The second-order valence-corrected chi connectivity index (χ2v) is 6.69. The SMILES string of the molecule is COc1ccc(C)cc1-n1nnnc1SCC(=O)c1cc(C)[nH]c1C. The van der Waals surface area contributed by atoms with Crippen LogP contribution in [0.25, 0.3) is 5.69 Å². The molecule has 2 aromatic heterocycles. The third-order valence-electron chi connectivity index (χ3n) is 3.79. The van der Waals surface area contributed by atoms with Crippen molar-refractivity contribution in [3.8, 4) is 11.4 Å². The van der Waals surface area contributed by atoms with Gasteiger partial charge in [-0.15, -0.1) is 5.10 Å². The fourth-order valence-corrected chi connectivity index (χ4v) is 3.37. The number of aromatic nitrogens is 5. The molecule has 1 N–H and O–H groups in total. The average Bonchev–Trinajstić information content (AvgIpc) is 3.18. The van der Waals surface area contributed by atoms with Gasteiger partial charge in [-0.3, -0.25) is 4.79 Å². The van der Waals surface area contributed by atoms with Gasteiger partial charge in [-0.05, 0) is 55.0 Å². The number of thioether (sulfide) groups is 1. The molecular formula is C17H19N5O2S. The van der Waals surface area contributed by atoms with Gasteiger partial charge in [0.1, 0.15) is 11.4 Å². The largest absolute Gasteiger partial charge is 0.494 e. The summed E-state index contributed by atoms with van der Waals surface area (Å²) >= 11 is 1.30. The molecule has 25 heavy (non-hydrogen) atoms. The zero-order valence-corrected chi connectivity index (χ0v) is 15.3. The molecule has 0 aliphatic carbocycles. The van der Waals surface area contributed by atoms with Gasteiger partial charge in [0.25, 0.3) is 0 Å². The number of ether oxygens (including phenoxy) is 1. The zero-order valence-electron chi connectivity index (χ0n) is 14.5. The van der Waals surface area contributed by atoms with Gasteiger partial charge in [-0.25, -0.2) is 0 Å². The van der Waals surface area contributed by atoms with Crippen LogP contribution < -0.4 is 4.74 Å². The van der Waals surface area contributed by atoms with Crippen LogP contribution in [0.3, 0.4) is 0 Å². The normalized spacial score (nSPS) is 10.9. The van der Waals surface area contributed by atoms with E-state index in [1.165, 1.54) is 11.8 Å². The molecule has 0 radical (unpaired) electrons. The minimum atomic E-state index is 0.0395. The fourth-order valence-electron chi connectivity index (χ4n) is 2.61. The molecule has 7 nitrogen and oxygen atoms in total. The molecule has 0 amide bonds. The van der Waals surface area contributed by atoms with Crippen LogP contribution in [0.4, 0.5) is 0 Å². The third kappa shape index (κ3) is 3.58. The number of ketones is 1. The van der Waals surface area contributed by atoms with E-state index in [1.807, 2.05) is 45.0 Å². The van der Waals surface area contributed by atoms with Crippen LogP contribution in [0.5, 0.6) is 5.75 Å². The van der Waals surface area contributed by atoms with Crippen LogP contribution in [0.1, 0.15) is 27.3 Å². The summed E-state index contributed by atoms with van der Waals surface area (Å²) in [5.74, 6) is 0.966. The highest BCUT2D eigenvalue weighted by Gasteiger charge is 2.17. The molecular weight excluding hydrogens is 338 g/mol. The molecule has 0 atom stereocenters. The monoisotopic (exact) mass is 357 g/mol. The molecule has 8 heteroatoms. The summed E-state index contributed by atoms with van der Waals surface area (Å²) < 4.78 is 6.99. The summed E-state index contributed by atoms with van der Waals surface area (Å²) in [6.45, 7) is 5.81. The maximum atomic E-state index is 12.5. The predicted octanol–water partition coefficient (Wildman–Crippen LogP) is 2.90. The molecule has 130 valence electrons. The fraction of sp³-hybridized carbons (Fsp3) is 0.294. The van der Waals surface area contributed by atoms with E-state index in [-0.39, 0.29) is 11.5 Å². The first-order valence-electron chi connectivity index (χ1n) is 7.75. The molecule has 0 saturated carbocycles. The predicted molar refractivity (Wildman–Crippen MR) is 95.8 cm³/mol. The number of carbonyl (C=O) groups is 1. The van der Waals surface area contributed by atoms with Crippen molar-refractivity contribution in [3.05, 3.63) is 46.8 Å². The molecule has 0 spiro atoms. The lowest BCUT2D eigenvalue weighted by Crippen LogP contribution is -2.06. The van der Waals surface area contributed by atoms with E-state index in [1.54, 1.807) is 11.8 Å². The first-order valence-corrected chi connectivity index (χ1v) is 8.73. The van der Waals surface area contributed by atoms with Crippen LogP contribution >= 0.6 is 11.8 Å². The Balaban J connectivity index is 1.82. The van der Waals surface area contributed by atoms with Crippen LogP contribution in [0, 0.1) is 20.8 Å². The number of hydrogen-bond acceptors (Lipinski definition) is 6. The number of hydrogen-bond donors (Lipinski definition) is 1. The topological polar surface area (TPSA) is 85.7 Å². The standard InChI is InChI=1S/C17H19N5O2S/c1-10-5-6-16(24-4)14(7-10)22-17(19-20-21-22)25-9-15(23)13-8-11(2)18-12(13)3/h5-8,18H,9H2,1-4H3. The maximum Gasteiger partial charge on any atom is 0.214 e. The van der Waals surface area contributed by atoms with Crippen molar-refractivity contribution in [2.24, 2.45) is 0 Å². The summed E-state index contributed by atoms with van der Waals surface area (Å²) in [6.07, 6.45) is 0. The lowest BCUT2D eigenvalue weighted by Gasteiger charge is -2.10. The molecule has 0 unspecified atom stereocenters. The van der Waals surface area contributed by atoms with E-state index < -0.39 is 0 Å². The Hall–Kier alpha value is -2.61. The van der Waals surface area contributed by atoms with Crippen LogP contribution in [-0.2, 0) is 0 Å². The Kier molecular flexibility index (Phi) is 4.89. The highest BCUT2D eigenvalue weighted by molar-refractivity contribution is 7.99. The molecule has 0 bridgehead atoms. The smallest absolute Gasteiger partial charge is 0.214 e. The van der Waals surface area contributed by atoms with Crippen LogP contribution in [0.2, 0.25) is 0 Å². The highest BCUT2D eigenvalue weighted by Crippen LogP contribution is 2.27. The molecule has 0 fully saturated rings. The Morgan fingerprint density at radius 2 is 2.08 bits per heavy atom. The number of aromatic amines is 1. The van der Waals surface area contributed by atoms with Crippen LogP contribution in [0.15, 0.2) is 29.4 Å². The van der Waals surface area contributed by atoms with E-state index in [0.29, 0.717) is 16.5 Å². The number of tetrazole rings is 1. The van der Waals surface area contributed by atoms with E-state index in [9.17, 15) is 4.79 Å². The zero-order chi connectivity index (χ0) is 18.0. The van der Waals surface area contributed by atoms with Gasteiger partial charge in [-0.2, -0.15) is 4.68 Å². The Morgan fingerprint density at radius 1 is 1.28 bits per heavy atom. The summed E-state index contributed by atoms with van der Waals surface area (Å²) in [5.41, 5.74) is 4.37. The summed E-state index contributed by atoms with van der Waals surface area (Å²) in [6, 6.07) is 7.64. The van der Waals surface area contributed by atoms with Gasteiger partial charge in [-0.1, -0.05) is 17.8 Å². The number of Topliss-reactive ketones (excluding diaryl/α,β-unsaturated/α-hetero) is 1. The number of benzene rings is 1. The molecule has 0 saturated heterocycles. The minimum absolute atomic E-state index is 0.0395. The first-order chi connectivity index (χ1) is 12.0. The second kappa shape index (κ2) is 7.10.